The predicted molar refractivity (Wildman–Crippen MR) is 98.4 cm³/mol. The molecule has 1 saturated heterocycles. The number of aromatic nitrogens is 4. The summed E-state index contributed by atoms with van der Waals surface area (Å²) >= 11 is 3.23. The van der Waals surface area contributed by atoms with Crippen LogP contribution in [0.2, 0.25) is 0 Å². The first-order valence-corrected chi connectivity index (χ1v) is 9.04. The molecule has 0 bridgehead atoms. The van der Waals surface area contributed by atoms with Gasteiger partial charge in [-0.15, -0.1) is 0 Å². The number of hydrogen-bond donors (Lipinski definition) is 0. The van der Waals surface area contributed by atoms with Gasteiger partial charge in [0.05, 0.1) is 5.69 Å². The third kappa shape index (κ3) is 3.34. The summed E-state index contributed by atoms with van der Waals surface area (Å²) in [7, 11) is 0. The van der Waals surface area contributed by atoms with Crippen LogP contribution in [0.3, 0.4) is 0 Å². The highest BCUT2D eigenvalue weighted by Crippen LogP contribution is 2.19. The lowest BCUT2D eigenvalue weighted by atomic mass is 10.3. The average Bonchev–Trinajstić information content (AvgIpc) is 3.30. The Morgan fingerprint density at radius 3 is 2.54 bits per heavy atom. The molecule has 4 rings (SSSR count). The van der Waals surface area contributed by atoms with Gasteiger partial charge < -0.3 is 14.2 Å². The molecule has 134 valence electrons. The second kappa shape index (κ2) is 6.91. The first-order chi connectivity index (χ1) is 12.6. The van der Waals surface area contributed by atoms with E-state index in [4.69, 9.17) is 4.42 Å². The van der Waals surface area contributed by atoms with Gasteiger partial charge in [0.25, 0.3) is 5.91 Å². The standard InChI is InChI=1S/C17H17BrN6O2/c1-12-4-5-24(21-12)16-10-15(19-11-20-16)22-6-8-23(9-7-22)17(25)13-2-3-14(18)26-13/h2-5,10-11H,6-9H2,1H3. The quantitative estimate of drug-likeness (QED) is 0.651. The van der Waals surface area contributed by atoms with Gasteiger partial charge in [0, 0.05) is 38.4 Å². The molecule has 0 atom stereocenters. The number of nitrogens with zero attached hydrogens (tertiary/aromatic N) is 6. The fourth-order valence-electron chi connectivity index (χ4n) is 2.90. The molecule has 0 aliphatic carbocycles. The van der Waals surface area contributed by atoms with Crippen molar-refractivity contribution in [2.75, 3.05) is 31.1 Å². The van der Waals surface area contributed by atoms with Crippen molar-refractivity contribution in [3.05, 3.63) is 52.9 Å². The van der Waals surface area contributed by atoms with Gasteiger partial charge in [-0.05, 0) is 41.1 Å². The molecule has 26 heavy (non-hydrogen) atoms. The number of halogens is 1. The van der Waals surface area contributed by atoms with Gasteiger partial charge in [0.2, 0.25) is 0 Å². The molecular formula is C17H17BrN6O2. The van der Waals surface area contributed by atoms with Crippen LogP contribution >= 0.6 is 15.9 Å². The summed E-state index contributed by atoms with van der Waals surface area (Å²) < 4.78 is 7.65. The van der Waals surface area contributed by atoms with E-state index in [1.54, 1.807) is 28.0 Å². The second-order valence-electron chi connectivity index (χ2n) is 6.02. The minimum absolute atomic E-state index is 0.0919. The highest BCUT2D eigenvalue weighted by molar-refractivity contribution is 9.10. The Hall–Kier alpha value is -2.68. The fourth-order valence-corrected chi connectivity index (χ4v) is 3.21. The maximum Gasteiger partial charge on any atom is 0.289 e. The monoisotopic (exact) mass is 416 g/mol. The van der Waals surface area contributed by atoms with Crippen molar-refractivity contribution in [1.29, 1.82) is 0 Å². The Morgan fingerprint density at radius 2 is 1.88 bits per heavy atom. The van der Waals surface area contributed by atoms with Crippen molar-refractivity contribution >= 4 is 27.7 Å². The zero-order chi connectivity index (χ0) is 18.1. The van der Waals surface area contributed by atoms with Crippen LogP contribution in [0, 0.1) is 6.92 Å². The maximum absolute atomic E-state index is 12.5. The molecule has 3 aromatic heterocycles. The second-order valence-corrected chi connectivity index (χ2v) is 6.80. The largest absolute Gasteiger partial charge is 0.444 e. The summed E-state index contributed by atoms with van der Waals surface area (Å²) in [4.78, 5) is 25.0. The minimum Gasteiger partial charge on any atom is -0.444 e. The van der Waals surface area contributed by atoms with Crippen molar-refractivity contribution in [3.63, 3.8) is 0 Å². The smallest absolute Gasteiger partial charge is 0.289 e. The number of carbonyl (C=O) groups is 1. The van der Waals surface area contributed by atoms with Crippen molar-refractivity contribution in [3.8, 4) is 5.82 Å². The van der Waals surface area contributed by atoms with Gasteiger partial charge in [-0.2, -0.15) is 5.10 Å². The number of rotatable bonds is 3. The minimum atomic E-state index is -0.0919. The normalized spacial score (nSPS) is 14.7. The lowest BCUT2D eigenvalue weighted by Crippen LogP contribution is -2.49. The van der Waals surface area contributed by atoms with Crippen LogP contribution in [0.1, 0.15) is 16.2 Å². The van der Waals surface area contributed by atoms with Gasteiger partial charge in [0.1, 0.15) is 12.1 Å². The Morgan fingerprint density at radius 1 is 1.12 bits per heavy atom. The van der Waals surface area contributed by atoms with E-state index in [1.807, 2.05) is 25.3 Å². The molecule has 9 heteroatoms. The first kappa shape index (κ1) is 16.8. The van der Waals surface area contributed by atoms with Crippen molar-refractivity contribution < 1.29 is 9.21 Å². The predicted octanol–water partition coefficient (Wildman–Crippen LogP) is 2.29. The summed E-state index contributed by atoms with van der Waals surface area (Å²) in [6.45, 7) is 4.55. The third-order valence-corrected chi connectivity index (χ3v) is 4.70. The van der Waals surface area contributed by atoms with Crippen LogP contribution in [0.5, 0.6) is 0 Å². The molecule has 0 spiro atoms. The molecule has 1 aliphatic heterocycles. The van der Waals surface area contributed by atoms with Crippen molar-refractivity contribution in [1.82, 2.24) is 24.6 Å². The van der Waals surface area contributed by atoms with Gasteiger partial charge in [-0.25, -0.2) is 14.6 Å². The summed E-state index contributed by atoms with van der Waals surface area (Å²) in [6.07, 6.45) is 3.42. The summed E-state index contributed by atoms with van der Waals surface area (Å²) in [5.41, 5.74) is 0.932. The molecule has 0 unspecified atom stereocenters. The highest BCUT2D eigenvalue weighted by atomic mass is 79.9. The fraction of sp³-hybridized carbons (Fsp3) is 0.294. The number of piperazine rings is 1. The Labute approximate surface area is 158 Å². The van der Waals surface area contributed by atoms with Crippen molar-refractivity contribution in [2.45, 2.75) is 6.92 Å². The summed E-state index contributed by atoms with van der Waals surface area (Å²) in [6, 6.07) is 7.25. The Kier molecular flexibility index (Phi) is 4.46. The molecule has 1 aliphatic rings. The average molecular weight is 417 g/mol. The molecule has 1 amide bonds. The number of amides is 1. The van der Waals surface area contributed by atoms with E-state index < -0.39 is 0 Å². The van der Waals surface area contributed by atoms with Crippen LogP contribution in [-0.4, -0.2) is 56.7 Å². The summed E-state index contributed by atoms with van der Waals surface area (Å²) in [5, 5.41) is 4.38. The number of hydrogen-bond acceptors (Lipinski definition) is 6. The zero-order valence-corrected chi connectivity index (χ0v) is 15.8. The topological polar surface area (TPSA) is 80.3 Å². The van der Waals surface area contributed by atoms with E-state index in [0.29, 0.717) is 36.6 Å². The molecule has 1 fully saturated rings. The lowest BCUT2D eigenvalue weighted by molar-refractivity contribution is 0.0713. The molecule has 0 saturated carbocycles. The highest BCUT2D eigenvalue weighted by Gasteiger charge is 2.25. The Balaban J connectivity index is 1.44. The van der Waals surface area contributed by atoms with Crippen LogP contribution in [0.4, 0.5) is 5.82 Å². The molecular weight excluding hydrogens is 400 g/mol. The van der Waals surface area contributed by atoms with E-state index in [9.17, 15) is 4.79 Å². The van der Waals surface area contributed by atoms with Crippen LogP contribution < -0.4 is 4.90 Å². The van der Waals surface area contributed by atoms with Crippen molar-refractivity contribution in [2.24, 2.45) is 0 Å². The molecule has 8 nitrogen and oxygen atoms in total. The van der Waals surface area contributed by atoms with E-state index in [0.717, 1.165) is 17.3 Å². The van der Waals surface area contributed by atoms with Gasteiger partial charge >= 0.3 is 0 Å². The zero-order valence-electron chi connectivity index (χ0n) is 14.2. The van der Waals surface area contributed by atoms with E-state index in [2.05, 4.69) is 35.9 Å². The number of furan rings is 1. The lowest BCUT2D eigenvalue weighted by Gasteiger charge is -2.35. The maximum atomic E-state index is 12.5. The molecule has 4 heterocycles. The third-order valence-electron chi connectivity index (χ3n) is 4.27. The number of aryl methyl sites for hydroxylation is 1. The molecule has 0 radical (unpaired) electrons. The van der Waals surface area contributed by atoms with Gasteiger partial charge in [0.15, 0.2) is 16.2 Å². The van der Waals surface area contributed by atoms with Crippen LogP contribution in [-0.2, 0) is 0 Å². The first-order valence-electron chi connectivity index (χ1n) is 8.24. The number of anilines is 1. The van der Waals surface area contributed by atoms with E-state index >= 15 is 0 Å². The van der Waals surface area contributed by atoms with Gasteiger partial charge in [-0.3, -0.25) is 4.79 Å². The summed E-state index contributed by atoms with van der Waals surface area (Å²) in [5.74, 6) is 1.81. The van der Waals surface area contributed by atoms with E-state index in [-0.39, 0.29) is 5.91 Å². The van der Waals surface area contributed by atoms with Crippen LogP contribution in [0.25, 0.3) is 5.82 Å². The Bertz CT molecular complexity index is 929. The van der Waals surface area contributed by atoms with E-state index in [1.165, 1.54) is 0 Å². The van der Waals surface area contributed by atoms with Crippen LogP contribution in [0.15, 0.2) is 45.9 Å². The SMILES string of the molecule is Cc1ccn(-c2cc(N3CCN(C(=O)c4ccc(Br)o4)CC3)ncn2)n1. The molecule has 0 aromatic carbocycles. The van der Waals surface area contributed by atoms with Gasteiger partial charge in [-0.1, -0.05) is 0 Å². The molecule has 0 N–H and O–H groups in total. The molecule has 3 aromatic rings. The number of carbonyl (C=O) groups excluding carboxylic acids is 1.